The van der Waals surface area contributed by atoms with Crippen molar-refractivity contribution in [3.05, 3.63) is 41.9 Å². The first-order chi connectivity index (χ1) is 16.1. The molecule has 0 aliphatic carbocycles. The number of aromatic nitrogens is 1. The van der Waals surface area contributed by atoms with Crippen molar-refractivity contribution in [1.29, 1.82) is 0 Å². The van der Waals surface area contributed by atoms with Crippen LogP contribution in [0.1, 0.15) is 54.6 Å². The van der Waals surface area contributed by atoms with Crippen molar-refractivity contribution < 1.29 is 14.0 Å². The van der Waals surface area contributed by atoms with Crippen LogP contribution in [0.5, 0.6) is 0 Å². The van der Waals surface area contributed by atoms with Crippen molar-refractivity contribution in [2.24, 2.45) is 11.8 Å². The number of rotatable bonds is 6. The molecular formula is C26H34N4O3. The third-order valence-electron chi connectivity index (χ3n) is 7.51. The van der Waals surface area contributed by atoms with E-state index < -0.39 is 0 Å². The highest BCUT2D eigenvalue weighted by Gasteiger charge is 2.39. The van der Waals surface area contributed by atoms with Gasteiger partial charge in [-0.2, -0.15) is 0 Å². The van der Waals surface area contributed by atoms with Crippen LogP contribution in [-0.4, -0.2) is 65.4 Å². The molecule has 1 aromatic carbocycles. The van der Waals surface area contributed by atoms with E-state index in [1.54, 1.807) is 0 Å². The Labute approximate surface area is 195 Å². The standard InChI is InChI=1S/C26H34N4O3/c1-18-6-4-7-20(12-18)25-24(28-17-33-25)26(32)30-15-19-13-21(16-30)22(27-14-19)8-5-9-23(31)29-10-2-3-11-29/h4,6-7,12,17,19,21-22,27H,2-3,5,8-11,13-16H2,1H3/t19?,21?,22-/m1/s1. The molecule has 1 aromatic heterocycles. The van der Waals surface area contributed by atoms with Gasteiger partial charge in [-0.1, -0.05) is 23.8 Å². The molecule has 2 amide bonds. The summed E-state index contributed by atoms with van der Waals surface area (Å²) in [6, 6.07) is 8.33. The van der Waals surface area contributed by atoms with Gasteiger partial charge in [0.05, 0.1) is 0 Å². The van der Waals surface area contributed by atoms with E-state index in [2.05, 4.69) is 10.3 Å². The minimum absolute atomic E-state index is 0.0418. The fourth-order valence-electron chi connectivity index (χ4n) is 5.81. The van der Waals surface area contributed by atoms with Crippen molar-refractivity contribution in [2.75, 3.05) is 32.7 Å². The van der Waals surface area contributed by atoms with Gasteiger partial charge in [0.25, 0.3) is 5.91 Å². The zero-order valence-electron chi connectivity index (χ0n) is 19.5. The topological polar surface area (TPSA) is 78.7 Å². The van der Waals surface area contributed by atoms with E-state index in [1.165, 1.54) is 6.39 Å². The van der Waals surface area contributed by atoms with E-state index in [0.29, 0.717) is 41.7 Å². The number of oxazole rings is 1. The highest BCUT2D eigenvalue weighted by Crippen LogP contribution is 2.32. The molecule has 2 unspecified atom stereocenters. The number of carbonyl (C=O) groups is 2. The normalized spacial score (nSPS) is 24.8. The third-order valence-corrected chi connectivity index (χ3v) is 7.51. The molecule has 0 radical (unpaired) electrons. The predicted molar refractivity (Wildman–Crippen MR) is 126 cm³/mol. The van der Waals surface area contributed by atoms with Gasteiger partial charge in [0.2, 0.25) is 5.91 Å². The van der Waals surface area contributed by atoms with Gasteiger partial charge in [0, 0.05) is 44.2 Å². The Balaban J connectivity index is 1.21. The van der Waals surface area contributed by atoms with Gasteiger partial charge in [-0.15, -0.1) is 0 Å². The number of piperidine rings is 2. The van der Waals surface area contributed by atoms with E-state index in [4.69, 9.17) is 4.42 Å². The smallest absolute Gasteiger partial charge is 0.276 e. The number of nitrogens with zero attached hydrogens (tertiary/aromatic N) is 3. The van der Waals surface area contributed by atoms with E-state index in [0.717, 1.165) is 76.0 Å². The molecule has 176 valence electrons. The molecule has 3 aliphatic heterocycles. The van der Waals surface area contributed by atoms with Gasteiger partial charge in [-0.05, 0) is 63.5 Å². The van der Waals surface area contributed by atoms with Crippen LogP contribution in [0.25, 0.3) is 11.3 Å². The SMILES string of the molecule is Cc1cccc(-c2ocnc2C(=O)N2CC3CN[C@H](CCCC(=O)N4CCCC4)C(C3)C2)c1. The molecule has 1 N–H and O–H groups in total. The first kappa shape index (κ1) is 22.1. The van der Waals surface area contributed by atoms with Gasteiger partial charge >= 0.3 is 0 Å². The maximum atomic E-state index is 13.5. The average Bonchev–Trinajstić information content (AvgIpc) is 3.52. The Morgan fingerprint density at radius 2 is 2.03 bits per heavy atom. The monoisotopic (exact) mass is 450 g/mol. The Morgan fingerprint density at radius 1 is 1.18 bits per heavy atom. The Hall–Kier alpha value is -2.67. The second-order valence-electron chi connectivity index (χ2n) is 9.97. The lowest BCUT2D eigenvalue weighted by Crippen LogP contribution is -2.57. The molecule has 2 aromatic rings. The Bertz CT molecular complexity index is 997. The number of fused-ring (bicyclic) bond motifs is 2. The van der Waals surface area contributed by atoms with E-state index >= 15 is 0 Å². The molecule has 3 atom stereocenters. The van der Waals surface area contributed by atoms with Crippen LogP contribution in [0, 0.1) is 18.8 Å². The number of hydrogen-bond donors (Lipinski definition) is 1. The summed E-state index contributed by atoms with van der Waals surface area (Å²) in [4.78, 5) is 34.1. The molecule has 3 saturated heterocycles. The minimum Gasteiger partial charge on any atom is -0.443 e. The first-order valence-corrected chi connectivity index (χ1v) is 12.4. The summed E-state index contributed by atoms with van der Waals surface area (Å²) in [6.07, 6.45) is 7.32. The lowest BCUT2D eigenvalue weighted by molar-refractivity contribution is -0.130. The summed E-state index contributed by atoms with van der Waals surface area (Å²) in [6.45, 7) is 6.28. The average molecular weight is 451 g/mol. The molecule has 5 rings (SSSR count). The van der Waals surface area contributed by atoms with E-state index in [1.807, 2.05) is 41.0 Å². The van der Waals surface area contributed by atoms with Crippen LogP contribution in [0.4, 0.5) is 0 Å². The van der Waals surface area contributed by atoms with Gasteiger partial charge in [-0.3, -0.25) is 9.59 Å². The largest absolute Gasteiger partial charge is 0.443 e. The van der Waals surface area contributed by atoms with Gasteiger partial charge in [-0.25, -0.2) is 4.98 Å². The fourth-order valence-corrected chi connectivity index (χ4v) is 5.81. The van der Waals surface area contributed by atoms with Crippen LogP contribution in [0.3, 0.4) is 0 Å². The quantitative estimate of drug-likeness (QED) is 0.729. The summed E-state index contributed by atoms with van der Waals surface area (Å²) < 4.78 is 5.64. The fraction of sp³-hybridized carbons (Fsp3) is 0.577. The van der Waals surface area contributed by atoms with Crippen molar-refractivity contribution in [3.63, 3.8) is 0 Å². The van der Waals surface area contributed by atoms with Crippen LogP contribution in [0.15, 0.2) is 35.1 Å². The van der Waals surface area contributed by atoms with Crippen LogP contribution < -0.4 is 5.32 Å². The van der Waals surface area contributed by atoms with Crippen molar-refractivity contribution in [1.82, 2.24) is 20.1 Å². The lowest BCUT2D eigenvalue weighted by atomic mass is 9.79. The molecule has 3 fully saturated rings. The molecule has 7 heteroatoms. The zero-order chi connectivity index (χ0) is 22.8. The summed E-state index contributed by atoms with van der Waals surface area (Å²) in [5, 5.41) is 3.71. The lowest BCUT2D eigenvalue weighted by Gasteiger charge is -2.46. The van der Waals surface area contributed by atoms with E-state index in [-0.39, 0.29) is 5.91 Å². The molecule has 0 spiro atoms. The molecule has 0 saturated carbocycles. The summed E-state index contributed by atoms with van der Waals surface area (Å²) in [7, 11) is 0. The highest BCUT2D eigenvalue weighted by atomic mass is 16.3. The predicted octanol–water partition coefficient (Wildman–Crippen LogP) is 3.49. The second kappa shape index (κ2) is 9.67. The van der Waals surface area contributed by atoms with Crippen molar-refractivity contribution in [3.8, 4) is 11.3 Å². The summed E-state index contributed by atoms with van der Waals surface area (Å²) >= 11 is 0. The number of likely N-dealkylation sites (tertiary alicyclic amines) is 2. The third kappa shape index (κ3) is 4.83. The summed E-state index contributed by atoms with van der Waals surface area (Å²) in [5.41, 5.74) is 2.41. The number of nitrogens with one attached hydrogen (secondary N) is 1. The number of amides is 2. The van der Waals surface area contributed by atoms with Gasteiger partial charge in [0.1, 0.15) is 0 Å². The first-order valence-electron chi connectivity index (χ1n) is 12.4. The Kier molecular flexibility index (Phi) is 6.49. The Morgan fingerprint density at radius 3 is 2.85 bits per heavy atom. The number of carbonyl (C=O) groups excluding carboxylic acids is 2. The molecular weight excluding hydrogens is 416 g/mol. The van der Waals surface area contributed by atoms with Crippen molar-refractivity contribution >= 4 is 11.8 Å². The van der Waals surface area contributed by atoms with Gasteiger partial charge in [0.15, 0.2) is 17.8 Å². The molecule has 4 heterocycles. The maximum Gasteiger partial charge on any atom is 0.276 e. The minimum atomic E-state index is -0.0418. The van der Waals surface area contributed by atoms with Crippen LogP contribution >= 0.6 is 0 Å². The van der Waals surface area contributed by atoms with Crippen LogP contribution in [-0.2, 0) is 4.79 Å². The second-order valence-corrected chi connectivity index (χ2v) is 9.97. The highest BCUT2D eigenvalue weighted by molar-refractivity contribution is 5.97. The zero-order valence-corrected chi connectivity index (χ0v) is 19.5. The van der Waals surface area contributed by atoms with Gasteiger partial charge < -0.3 is 19.5 Å². The maximum absolute atomic E-state index is 13.5. The molecule has 2 bridgehead atoms. The van der Waals surface area contributed by atoms with Crippen molar-refractivity contribution in [2.45, 2.75) is 51.5 Å². The number of benzene rings is 1. The summed E-state index contributed by atoms with van der Waals surface area (Å²) in [5.74, 6) is 1.69. The molecule has 7 nitrogen and oxygen atoms in total. The molecule has 3 aliphatic rings. The number of aryl methyl sites for hydroxylation is 1. The van der Waals surface area contributed by atoms with E-state index in [9.17, 15) is 9.59 Å². The number of hydrogen-bond acceptors (Lipinski definition) is 5. The van der Waals surface area contributed by atoms with Crippen LogP contribution in [0.2, 0.25) is 0 Å². The molecule has 33 heavy (non-hydrogen) atoms.